The molecule has 1 aromatic heterocycles. The second kappa shape index (κ2) is 5.87. The van der Waals surface area contributed by atoms with E-state index < -0.39 is 0 Å². The van der Waals surface area contributed by atoms with Crippen LogP contribution in [0.1, 0.15) is 24.7 Å². The molecular formula is C11H17BrN2OS. The van der Waals surface area contributed by atoms with Crippen molar-refractivity contribution in [1.29, 1.82) is 0 Å². The van der Waals surface area contributed by atoms with Gasteiger partial charge in [-0.25, -0.2) is 4.79 Å². The number of aromatic nitrogens is 2. The van der Waals surface area contributed by atoms with E-state index in [0.717, 1.165) is 28.0 Å². The maximum atomic E-state index is 11.8. The van der Waals surface area contributed by atoms with Gasteiger partial charge in [0.1, 0.15) is 0 Å². The van der Waals surface area contributed by atoms with Crippen LogP contribution in [0.2, 0.25) is 0 Å². The molecule has 1 heterocycles. The summed E-state index contributed by atoms with van der Waals surface area (Å²) >= 11 is 7.75. The Morgan fingerprint density at radius 1 is 1.50 bits per heavy atom. The minimum atomic E-state index is -0.168. The predicted molar refractivity (Wildman–Crippen MR) is 73.3 cm³/mol. The Balaban J connectivity index is 3.14. The summed E-state index contributed by atoms with van der Waals surface area (Å²) in [6.07, 6.45) is 1.01. The normalized spacial score (nSPS) is 12.8. The van der Waals surface area contributed by atoms with Crippen LogP contribution < -0.4 is 5.69 Å². The molecule has 3 nitrogen and oxygen atoms in total. The highest BCUT2D eigenvalue weighted by Crippen LogP contribution is 2.18. The zero-order valence-corrected chi connectivity index (χ0v) is 12.3. The lowest BCUT2D eigenvalue weighted by Gasteiger charge is -2.17. The molecule has 0 amide bonds. The van der Waals surface area contributed by atoms with Crippen molar-refractivity contribution in [3.8, 4) is 0 Å². The lowest BCUT2D eigenvalue weighted by atomic mass is 10.1. The van der Waals surface area contributed by atoms with Gasteiger partial charge >= 0.3 is 5.69 Å². The number of thiol groups is 1. The highest BCUT2D eigenvalue weighted by atomic mass is 79.9. The molecule has 0 radical (unpaired) electrons. The van der Waals surface area contributed by atoms with Crippen LogP contribution in [0.4, 0.5) is 0 Å². The molecule has 0 aliphatic carbocycles. The van der Waals surface area contributed by atoms with Crippen LogP contribution in [-0.2, 0) is 6.54 Å². The van der Waals surface area contributed by atoms with Gasteiger partial charge in [0.25, 0.3) is 0 Å². The molecule has 0 saturated heterocycles. The van der Waals surface area contributed by atoms with Gasteiger partial charge in [-0.05, 0) is 41.4 Å². The largest absolute Gasteiger partial charge is 0.348 e. The van der Waals surface area contributed by atoms with E-state index in [2.05, 4.69) is 40.5 Å². The third-order valence-corrected chi connectivity index (χ3v) is 4.47. The third kappa shape index (κ3) is 2.88. The topological polar surface area (TPSA) is 34.9 Å². The first-order valence-corrected chi connectivity index (χ1v) is 6.78. The molecule has 0 N–H and O–H groups in total. The van der Waals surface area contributed by atoms with Gasteiger partial charge in [-0.2, -0.15) is 17.6 Å². The highest BCUT2D eigenvalue weighted by molar-refractivity contribution is 9.10. The molecule has 1 aromatic rings. The molecule has 0 bridgehead atoms. The Morgan fingerprint density at radius 3 is 2.62 bits per heavy atom. The molecule has 5 heteroatoms. The lowest BCUT2D eigenvalue weighted by Crippen LogP contribution is -2.29. The number of rotatable bonds is 4. The second-order valence-corrected chi connectivity index (χ2v) is 5.10. The Morgan fingerprint density at radius 2 is 2.12 bits per heavy atom. The summed E-state index contributed by atoms with van der Waals surface area (Å²) in [5, 5.41) is 0. The average Bonchev–Trinajstić information content (AvgIpc) is 2.27. The van der Waals surface area contributed by atoms with Crippen LogP contribution in [0.25, 0.3) is 0 Å². The molecule has 16 heavy (non-hydrogen) atoms. The van der Waals surface area contributed by atoms with Crippen LogP contribution in [0.5, 0.6) is 0 Å². The molecule has 1 atom stereocenters. The molecule has 0 aromatic carbocycles. The average molecular weight is 305 g/mol. The van der Waals surface area contributed by atoms with Crippen molar-refractivity contribution in [2.24, 2.45) is 5.92 Å². The van der Waals surface area contributed by atoms with Crippen LogP contribution in [0, 0.1) is 19.8 Å². The number of nitrogens with zero attached hydrogens (tertiary/aromatic N) is 2. The zero-order chi connectivity index (χ0) is 12.3. The standard InChI is InChI=1S/C11H17BrN2OS/c1-4-9(6-16)5-14-8(3)10(12)7(2)13-11(14)15/h9,16H,4-6H2,1-3H3. The Kier molecular flexibility index (Phi) is 5.05. The molecule has 1 rings (SSSR count). The van der Waals surface area contributed by atoms with Gasteiger partial charge in [-0.15, -0.1) is 0 Å². The smallest absolute Gasteiger partial charge is 0.295 e. The van der Waals surface area contributed by atoms with Gasteiger partial charge in [-0.1, -0.05) is 13.3 Å². The van der Waals surface area contributed by atoms with Crippen molar-refractivity contribution >= 4 is 28.6 Å². The SMILES string of the molecule is CCC(CS)Cn1c(C)c(Br)c(C)nc1=O. The fraction of sp³-hybridized carbons (Fsp3) is 0.636. The van der Waals surface area contributed by atoms with E-state index in [-0.39, 0.29) is 5.69 Å². The quantitative estimate of drug-likeness (QED) is 0.868. The lowest BCUT2D eigenvalue weighted by molar-refractivity contribution is 0.453. The molecular weight excluding hydrogens is 288 g/mol. The summed E-state index contributed by atoms with van der Waals surface area (Å²) in [6, 6.07) is 0. The maximum Gasteiger partial charge on any atom is 0.348 e. The van der Waals surface area contributed by atoms with E-state index in [4.69, 9.17) is 0 Å². The number of halogens is 1. The predicted octanol–water partition coefficient (Wildman–Crippen LogP) is 2.58. The van der Waals surface area contributed by atoms with Crippen LogP contribution in [0.3, 0.4) is 0 Å². The van der Waals surface area contributed by atoms with Crippen molar-refractivity contribution in [3.05, 3.63) is 26.3 Å². The molecule has 0 saturated carbocycles. The van der Waals surface area contributed by atoms with E-state index in [1.54, 1.807) is 4.57 Å². The summed E-state index contributed by atoms with van der Waals surface area (Å²) in [6.45, 7) is 6.57. The molecule has 0 spiro atoms. The Bertz CT molecular complexity index is 427. The van der Waals surface area contributed by atoms with Gasteiger partial charge < -0.3 is 0 Å². The number of aryl methyl sites for hydroxylation is 1. The van der Waals surface area contributed by atoms with E-state index >= 15 is 0 Å². The summed E-state index contributed by atoms with van der Waals surface area (Å²) < 4.78 is 2.64. The minimum Gasteiger partial charge on any atom is -0.295 e. The van der Waals surface area contributed by atoms with Crippen molar-refractivity contribution in [2.45, 2.75) is 33.7 Å². The molecule has 1 unspecified atom stereocenters. The van der Waals surface area contributed by atoms with Crippen molar-refractivity contribution in [1.82, 2.24) is 9.55 Å². The van der Waals surface area contributed by atoms with E-state index in [1.165, 1.54) is 0 Å². The fourth-order valence-electron chi connectivity index (χ4n) is 1.57. The zero-order valence-electron chi connectivity index (χ0n) is 9.83. The first kappa shape index (κ1) is 13.8. The molecule has 0 fully saturated rings. The maximum absolute atomic E-state index is 11.8. The fourth-order valence-corrected chi connectivity index (χ4v) is 2.24. The van der Waals surface area contributed by atoms with Crippen molar-refractivity contribution in [3.63, 3.8) is 0 Å². The van der Waals surface area contributed by atoms with Gasteiger partial charge in [0.05, 0.1) is 10.2 Å². The van der Waals surface area contributed by atoms with Crippen LogP contribution >= 0.6 is 28.6 Å². The van der Waals surface area contributed by atoms with Gasteiger partial charge in [0.15, 0.2) is 0 Å². The van der Waals surface area contributed by atoms with Crippen molar-refractivity contribution in [2.75, 3.05) is 5.75 Å². The van der Waals surface area contributed by atoms with E-state index in [1.807, 2.05) is 13.8 Å². The van der Waals surface area contributed by atoms with Gasteiger partial charge in [-0.3, -0.25) is 4.57 Å². The summed E-state index contributed by atoms with van der Waals surface area (Å²) in [4.78, 5) is 15.8. The molecule has 90 valence electrons. The minimum absolute atomic E-state index is 0.168. The first-order valence-electron chi connectivity index (χ1n) is 5.35. The summed E-state index contributed by atoms with van der Waals surface area (Å²) in [5.74, 6) is 1.20. The second-order valence-electron chi connectivity index (χ2n) is 3.95. The molecule has 0 aliphatic heterocycles. The monoisotopic (exact) mass is 304 g/mol. The molecule has 0 aliphatic rings. The number of hydrogen-bond acceptors (Lipinski definition) is 3. The van der Waals surface area contributed by atoms with E-state index in [0.29, 0.717) is 12.5 Å². The summed E-state index contributed by atoms with van der Waals surface area (Å²) in [5.41, 5.74) is 1.52. The summed E-state index contributed by atoms with van der Waals surface area (Å²) in [7, 11) is 0. The first-order chi connectivity index (χ1) is 7.51. The number of hydrogen-bond donors (Lipinski definition) is 1. The Labute approximate surface area is 110 Å². The van der Waals surface area contributed by atoms with E-state index in [9.17, 15) is 4.79 Å². The van der Waals surface area contributed by atoms with Crippen molar-refractivity contribution < 1.29 is 0 Å². The van der Waals surface area contributed by atoms with Gasteiger partial charge in [0, 0.05) is 12.2 Å². The van der Waals surface area contributed by atoms with Gasteiger partial charge in [0.2, 0.25) is 0 Å². The third-order valence-electron chi connectivity index (χ3n) is 2.81. The van der Waals surface area contributed by atoms with Crippen LogP contribution in [-0.4, -0.2) is 15.3 Å². The van der Waals surface area contributed by atoms with Crippen LogP contribution in [0.15, 0.2) is 9.27 Å². The highest BCUT2D eigenvalue weighted by Gasteiger charge is 2.12. The Hall–Kier alpha value is -0.290.